The highest BCUT2D eigenvalue weighted by Crippen LogP contribution is 2.67. The molecule has 6 heteroatoms. The van der Waals surface area contributed by atoms with E-state index in [1.165, 1.54) is 0 Å². The lowest BCUT2D eigenvalue weighted by molar-refractivity contribution is -0.175. The largest absolute Gasteiger partial charge is 0.381 e. The zero-order chi connectivity index (χ0) is 19.8. The van der Waals surface area contributed by atoms with Crippen molar-refractivity contribution in [3.8, 4) is 0 Å². The molecule has 0 radical (unpaired) electrons. The Morgan fingerprint density at radius 1 is 1.11 bits per heavy atom. The fourth-order valence-electron chi connectivity index (χ4n) is 7.48. The third-order valence-corrected chi connectivity index (χ3v) is 10.6. The van der Waals surface area contributed by atoms with Crippen molar-refractivity contribution in [2.45, 2.75) is 69.2 Å². The number of carbonyl (C=O) groups is 3. The van der Waals surface area contributed by atoms with Crippen molar-refractivity contribution in [1.82, 2.24) is 0 Å². The lowest BCUT2D eigenvalue weighted by Gasteiger charge is -2.60. The Balaban J connectivity index is 1.72. The fourth-order valence-corrected chi connectivity index (χ4v) is 9.04. The lowest BCUT2D eigenvalue weighted by atomic mass is 9.44. The molecule has 0 amide bonds. The van der Waals surface area contributed by atoms with Crippen LogP contribution in [0.2, 0.25) is 0 Å². The minimum Gasteiger partial charge on any atom is -0.381 e. The summed E-state index contributed by atoms with van der Waals surface area (Å²) in [6.45, 7) is 4.17. The Labute approximate surface area is 177 Å². The molecule has 4 aliphatic rings. The van der Waals surface area contributed by atoms with Gasteiger partial charge in [0.1, 0.15) is 17.2 Å². The van der Waals surface area contributed by atoms with Gasteiger partial charge < -0.3 is 5.11 Å². The predicted octanol–water partition coefficient (Wildman–Crippen LogP) is 3.85. The van der Waals surface area contributed by atoms with Gasteiger partial charge in [-0.25, -0.2) is 0 Å². The van der Waals surface area contributed by atoms with Crippen molar-refractivity contribution < 1.29 is 19.5 Å². The van der Waals surface area contributed by atoms with Crippen LogP contribution in [0.25, 0.3) is 0 Å². The number of rotatable bonds is 2. The van der Waals surface area contributed by atoms with Gasteiger partial charge in [-0.05, 0) is 55.3 Å². The highest BCUT2D eigenvalue weighted by atomic mass is 79.9. The van der Waals surface area contributed by atoms with Crippen LogP contribution in [0.5, 0.6) is 0 Å². The monoisotopic (exact) mass is 502 g/mol. The summed E-state index contributed by atoms with van der Waals surface area (Å²) in [4.78, 5) is 38.2. The van der Waals surface area contributed by atoms with E-state index in [1.54, 1.807) is 0 Å². The van der Waals surface area contributed by atoms with Gasteiger partial charge >= 0.3 is 0 Å². The van der Waals surface area contributed by atoms with Crippen molar-refractivity contribution in [3.63, 3.8) is 0 Å². The van der Waals surface area contributed by atoms with Crippen molar-refractivity contribution in [2.75, 3.05) is 5.33 Å². The van der Waals surface area contributed by atoms with E-state index in [4.69, 9.17) is 0 Å². The molecule has 4 saturated carbocycles. The first-order valence-corrected chi connectivity index (χ1v) is 12.1. The van der Waals surface area contributed by atoms with Crippen LogP contribution in [0.3, 0.4) is 0 Å². The summed E-state index contributed by atoms with van der Waals surface area (Å²) in [5, 5.41) is 11.4. The maximum atomic E-state index is 13.5. The molecule has 0 aliphatic heterocycles. The van der Waals surface area contributed by atoms with Crippen LogP contribution >= 0.6 is 31.9 Å². The first-order chi connectivity index (χ1) is 12.6. The molecular formula is C21H28Br2O4. The van der Waals surface area contributed by atoms with Crippen LogP contribution in [0.4, 0.5) is 0 Å². The van der Waals surface area contributed by atoms with Gasteiger partial charge in [-0.15, -0.1) is 0 Å². The molecule has 0 heterocycles. The van der Waals surface area contributed by atoms with Crippen molar-refractivity contribution in [1.29, 1.82) is 0 Å². The van der Waals surface area contributed by atoms with E-state index in [0.29, 0.717) is 12.8 Å². The van der Waals surface area contributed by atoms with Gasteiger partial charge in [-0.1, -0.05) is 45.7 Å². The quantitative estimate of drug-likeness (QED) is 0.581. The molecule has 0 spiro atoms. The smallest absolute Gasteiger partial charge is 0.175 e. The number of fused-ring (bicyclic) bond motifs is 5. The molecule has 4 aliphatic carbocycles. The molecule has 2 unspecified atom stereocenters. The summed E-state index contributed by atoms with van der Waals surface area (Å²) in [6, 6.07) is 0. The molecule has 27 heavy (non-hydrogen) atoms. The van der Waals surface area contributed by atoms with Gasteiger partial charge in [-0.3, -0.25) is 14.4 Å². The maximum Gasteiger partial charge on any atom is 0.175 e. The second-order valence-corrected chi connectivity index (χ2v) is 11.4. The molecule has 4 nitrogen and oxygen atoms in total. The second kappa shape index (κ2) is 6.46. The molecule has 0 aromatic carbocycles. The minimum absolute atomic E-state index is 0.0519. The predicted molar refractivity (Wildman–Crippen MR) is 109 cm³/mol. The number of carbonyl (C=O) groups excluding carboxylic acids is 3. The van der Waals surface area contributed by atoms with E-state index in [-0.39, 0.29) is 63.0 Å². The number of Topliss-reactive ketones (excluding diaryl/α,β-unsaturated/α-hetero) is 3. The third kappa shape index (κ3) is 2.51. The third-order valence-electron chi connectivity index (χ3n) is 8.94. The fraction of sp³-hybridized carbons (Fsp3) is 0.857. The van der Waals surface area contributed by atoms with Gasteiger partial charge in [0.05, 0.1) is 10.2 Å². The number of hydrogen-bond donors (Lipinski definition) is 1. The van der Waals surface area contributed by atoms with E-state index in [0.717, 1.165) is 25.7 Å². The number of hydrogen-bond acceptors (Lipinski definition) is 4. The van der Waals surface area contributed by atoms with Crippen molar-refractivity contribution in [3.05, 3.63) is 0 Å². The van der Waals surface area contributed by atoms with Crippen molar-refractivity contribution >= 4 is 49.2 Å². The molecule has 4 rings (SSSR count). The number of ketones is 3. The molecule has 0 saturated heterocycles. The molecule has 8 atom stereocenters. The molecular weight excluding hydrogens is 476 g/mol. The SMILES string of the molecule is C[C@]12CCC(=O)C(Br)C1CC[C@@H]1[C@@H]2C(=O)C[C@@]2(C)[C@H]1CC[C@]2(O)C(=O)CBr. The number of alkyl halides is 2. The highest BCUT2D eigenvalue weighted by molar-refractivity contribution is 9.10. The first-order valence-electron chi connectivity index (χ1n) is 10.1. The normalized spacial score (nSPS) is 52.1. The zero-order valence-corrected chi connectivity index (χ0v) is 19.1. The lowest BCUT2D eigenvalue weighted by Crippen LogP contribution is -2.63. The van der Waals surface area contributed by atoms with Crippen LogP contribution in [0.1, 0.15) is 58.8 Å². The van der Waals surface area contributed by atoms with Gasteiger partial charge in [0.15, 0.2) is 5.78 Å². The molecule has 150 valence electrons. The summed E-state index contributed by atoms with van der Waals surface area (Å²) in [7, 11) is 0. The molecule has 4 fully saturated rings. The summed E-state index contributed by atoms with van der Waals surface area (Å²) in [5.41, 5.74) is -2.23. The summed E-state index contributed by atoms with van der Waals surface area (Å²) >= 11 is 6.85. The summed E-state index contributed by atoms with van der Waals surface area (Å²) < 4.78 is 0. The van der Waals surface area contributed by atoms with E-state index < -0.39 is 11.0 Å². The molecule has 0 aromatic rings. The van der Waals surface area contributed by atoms with E-state index in [2.05, 4.69) is 38.8 Å². The van der Waals surface area contributed by atoms with E-state index in [1.807, 2.05) is 6.92 Å². The Hall–Kier alpha value is -0.0700. The Kier molecular flexibility index (Phi) is 4.84. The van der Waals surface area contributed by atoms with Gasteiger partial charge in [0.25, 0.3) is 0 Å². The van der Waals surface area contributed by atoms with E-state index in [9.17, 15) is 19.5 Å². The second-order valence-electron chi connectivity index (χ2n) is 9.82. The molecule has 0 aromatic heterocycles. The van der Waals surface area contributed by atoms with Crippen LogP contribution in [-0.4, -0.2) is 38.2 Å². The molecule has 0 bridgehead atoms. The average molecular weight is 504 g/mol. The van der Waals surface area contributed by atoms with Gasteiger partial charge in [0.2, 0.25) is 0 Å². The van der Waals surface area contributed by atoms with E-state index >= 15 is 0 Å². The van der Waals surface area contributed by atoms with Crippen LogP contribution < -0.4 is 0 Å². The average Bonchev–Trinajstić information content (AvgIpc) is 2.89. The van der Waals surface area contributed by atoms with Crippen LogP contribution in [0, 0.1) is 34.5 Å². The van der Waals surface area contributed by atoms with Crippen LogP contribution in [0.15, 0.2) is 0 Å². The number of aliphatic hydroxyl groups is 1. The number of halogens is 2. The topological polar surface area (TPSA) is 71.4 Å². The van der Waals surface area contributed by atoms with Gasteiger partial charge in [0, 0.05) is 24.2 Å². The van der Waals surface area contributed by atoms with Crippen LogP contribution in [-0.2, 0) is 14.4 Å². The zero-order valence-electron chi connectivity index (χ0n) is 16.0. The molecule has 1 N–H and O–H groups in total. The minimum atomic E-state index is -1.40. The Morgan fingerprint density at radius 3 is 2.48 bits per heavy atom. The Morgan fingerprint density at radius 2 is 1.81 bits per heavy atom. The highest BCUT2D eigenvalue weighted by Gasteiger charge is 2.69. The maximum absolute atomic E-state index is 13.5. The van der Waals surface area contributed by atoms with Gasteiger partial charge in [-0.2, -0.15) is 0 Å². The Bertz CT molecular complexity index is 708. The standard InChI is InChI=1S/C21H28Br2O4/c1-19-7-6-14(24)18(23)13(19)4-3-11-12-5-8-21(27,16(26)10-22)20(12,2)9-15(25)17(11)19/h11-13,17-18,27H,3-10H2,1-2H3/t11-,12-,13?,17+,18?,19-,20-,21-/m0/s1. The summed E-state index contributed by atoms with van der Waals surface area (Å²) in [5.74, 6) is 0.828. The first kappa shape index (κ1) is 20.2. The van der Waals surface area contributed by atoms with Crippen molar-refractivity contribution in [2.24, 2.45) is 34.5 Å². The summed E-state index contributed by atoms with van der Waals surface area (Å²) in [6.07, 6.45) is 4.69.